The number of likely N-dealkylation sites (N-methyl/N-ethyl adjacent to an activating group) is 1. The molecule has 2 rings (SSSR count). The Morgan fingerprint density at radius 3 is 2.33 bits per heavy atom. The topological polar surface area (TPSA) is 32.5 Å². The van der Waals surface area contributed by atoms with Gasteiger partial charge in [-0.3, -0.25) is 4.90 Å². The Morgan fingerprint density at radius 2 is 1.72 bits per heavy atom. The third kappa shape index (κ3) is 3.46. The van der Waals surface area contributed by atoms with Gasteiger partial charge in [0.1, 0.15) is 0 Å². The van der Waals surface area contributed by atoms with Crippen LogP contribution in [0.25, 0.3) is 0 Å². The predicted molar refractivity (Wildman–Crippen MR) is 77.8 cm³/mol. The summed E-state index contributed by atoms with van der Waals surface area (Å²) in [4.78, 5) is 5.09. The lowest BCUT2D eigenvalue weighted by molar-refractivity contribution is 0.0350. The molecule has 0 spiro atoms. The number of rotatable bonds is 3. The highest BCUT2D eigenvalue weighted by Gasteiger charge is 2.33. The number of nitrogens with two attached hydrogens (primary N) is 1. The molecule has 1 saturated heterocycles. The molecule has 3 heteroatoms. The lowest BCUT2D eigenvalue weighted by atomic mass is 9.80. The van der Waals surface area contributed by atoms with Crippen molar-refractivity contribution in [3.63, 3.8) is 0 Å². The van der Waals surface area contributed by atoms with Crippen molar-refractivity contribution in [1.82, 2.24) is 9.80 Å². The Kier molecular flexibility index (Phi) is 4.35. The van der Waals surface area contributed by atoms with Crippen LogP contribution in [0.3, 0.4) is 0 Å². The molecule has 0 atom stereocenters. The van der Waals surface area contributed by atoms with Crippen molar-refractivity contribution in [1.29, 1.82) is 0 Å². The maximum atomic E-state index is 6.53. The quantitative estimate of drug-likeness (QED) is 0.836. The van der Waals surface area contributed by atoms with Crippen molar-refractivity contribution < 1.29 is 0 Å². The zero-order chi connectivity index (χ0) is 13.2. The van der Waals surface area contributed by atoms with Crippen LogP contribution in [0.1, 0.15) is 52.4 Å². The standard InChI is InChI=1S/C15H31N3/c1-14(2)13-18(12-11-17(14)3)10-9-15(16)7-5-4-6-8-15/h4-13,16H2,1-3H3. The van der Waals surface area contributed by atoms with Crippen LogP contribution in [0.15, 0.2) is 0 Å². The van der Waals surface area contributed by atoms with E-state index in [1.165, 1.54) is 64.7 Å². The predicted octanol–water partition coefficient (Wildman–Crippen LogP) is 2.06. The first-order valence-electron chi connectivity index (χ1n) is 7.64. The highest BCUT2D eigenvalue weighted by molar-refractivity contribution is 4.91. The van der Waals surface area contributed by atoms with Gasteiger partial charge < -0.3 is 10.6 Å². The molecule has 1 aliphatic heterocycles. The first-order chi connectivity index (χ1) is 8.41. The van der Waals surface area contributed by atoms with E-state index in [9.17, 15) is 0 Å². The van der Waals surface area contributed by atoms with Gasteiger partial charge in [-0.05, 0) is 40.2 Å². The smallest absolute Gasteiger partial charge is 0.0277 e. The Bertz CT molecular complexity index is 269. The molecule has 106 valence electrons. The monoisotopic (exact) mass is 253 g/mol. The third-order valence-corrected chi connectivity index (χ3v) is 5.17. The Balaban J connectivity index is 1.80. The van der Waals surface area contributed by atoms with Gasteiger partial charge in [0.25, 0.3) is 0 Å². The molecule has 0 bridgehead atoms. The van der Waals surface area contributed by atoms with E-state index >= 15 is 0 Å². The second kappa shape index (κ2) is 5.48. The number of hydrogen-bond acceptors (Lipinski definition) is 3. The average Bonchev–Trinajstić information content (AvgIpc) is 2.32. The maximum absolute atomic E-state index is 6.53. The fourth-order valence-electron chi connectivity index (χ4n) is 3.42. The Morgan fingerprint density at radius 1 is 1.06 bits per heavy atom. The van der Waals surface area contributed by atoms with E-state index in [0.29, 0.717) is 5.54 Å². The van der Waals surface area contributed by atoms with Crippen molar-refractivity contribution >= 4 is 0 Å². The second-order valence-electron chi connectivity index (χ2n) is 7.18. The van der Waals surface area contributed by atoms with E-state index in [2.05, 4.69) is 30.7 Å². The minimum absolute atomic E-state index is 0.145. The lowest BCUT2D eigenvalue weighted by Crippen LogP contribution is -2.58. The Labute approximate surface area is 113 Å². The highest BCUT2D eigenvalue weighted by Crippen LogP contribution is 2.29. The number of hydrogen-bond donors (Lipinski definition) is 1. The van der Waals surface area contributed by atoms with Crippen LogP contribution in [0, 0.1) is 0 Å². The van der Waals surface area contributed by atoms with E-state index in [1.54, 1.807) is 0 Å². The number of nitrogens with zero attached hydrogens (tertiary/aromatic N) is 2. The summed E-state index contributed by atoms with van der Waals surface area (Å²) in [6.07, 6.45) is 7.73. The molecule has 0 aromatic carbocycles. The van der Waals surface area contributed by atoms with E-state index < -0.39 is 0 Å². The molecule has 0 unspecified atom stereocenters. The van der Waals surface area contributed by atoms with E-state index in [0.717, 1.165) is 0 Å². The highest BCUT2D eigenvalue weighted by atomic mass is 15.3. The van der Waals surface area contributed by atoms with Crippen molar-refractivity contribution in [2.45, 2.75) is 63.5 Å². The summed E-state index contributed by atoms with van der Waals surface area (Å²) in [7, 11) is 2.24. The van der Waals surface area contributed by atoms with E-state index in [-0.39, 0.29) is 5.54 Å². The fourth-order valence-corrected chi connectivity index (χ4v) is 3.42. The first-order valence-corrected chi connectivity index (χ1v) is 7.64. The van der Waals surface area contributed by atoms with Crippen LogP contribution in [0.4, 0.5) is 0 Å². The maximum Gasteiger partial charge on any atom is 0.0277 e. The molecule has 3 nitrogen and oxygen atoms in total. The van der Waals surface area contributed by atoms with Gasteiger partial charge in [0.15, 0.2) is 0 Å². The second-order valence-corrected chi connectivity index (χ2v) is 7.18. The molecule has 1 saturated carbocycles. The molecule has 0 amide bonds. The lowest BCUT2D eigenvalue weighted by Gasteiger charge is -2.46. The van der Waals surface area contributed by atoms with Gasteiger partial charge in [0.2, 0.25) is 0 Å². The van der Waals surface area contributed by atoms with E-state index in [4.69, 9.17) is 5.73 Å². The SMILES string of the molecule is CN1CCN(CCC2(N)CCCCC2)CC1(C)C. The molecule has 2 aliphatic rings. The third-order valence-electron chi connectivity index (χ3n) is 5.17. The van der Waals surface area contributed by atoms with Crippen molar-refractivity contribution in [3.8, 4) is 0 Å². The van der Waals surface area contributed by atoms with Crippen LogP contribution in [0.5, 0.6) is 0 Å². The van der Waals surface area contributed by atoms with Crippen LogP contribution >= 0.6 is 0 Å². The van der Waals surface area contributed by atoms with E-state index in [1.807, 2.05) is 0 Å². The van der Waals surface area contributed by atoms with Crippen molar-refractivity contribution in [2.75, 3.05) is 33.2 Å². The summed E-state index contributed by atoms with van der Waals surface area (Å²) in [5, 5.41) is 0. The average molecular weight is 253 g/mol. The van der Waals surface area contributed by atoms with Gasteiger partial charge >= 0.3 is 0 Å². The largest absolute Gasteiger partial charge is 0.325 e. The zero-order valence-electron chi connectivity index (χ0n) is 12.5. The van der Waals surface area contributed by atoms with Crippen LogP contribution in [-0.4, -0.2) is 54.1 Å². The van der Waals surface area contributed by atoms with Crippen molar-refractivity contribution in [2.24, 2.45) is 5.73 Å². The van der Waals surface area contributed by atoms with Gasteiger partial charge in [-0.2, -0.15) is 0 Å². The molecule has 2 N–H and O–H groups in total. The van der Waals surface area contributed by atoms with Gasteiger partial charge in [-0.1, -0.05) is 19.3 Å². The molecule has 1 heterocycles. The minimum Gasteiger partial charge on any atom is -0.325 e. The first kappa shape index (κ1) is 14.3. The van der Waals surface area contributed by atoms with Gasteiger partial charge in [0.05, 0.1) is 0 Å². The van der Waals surface area contributed by atoms with Gasteiger partial charge in [-0.15, -0.1) is 0 Å². The minimum atomic E-state index is 0.145. The zero-order valence-corrected chi connectivity index (χ0v) is 12.5. The Hall–Kier alpha value is -0.120. The van der Waals surface area contributed by atoms with Crippen LogP contribution in [-0.2, 0) is 0 Å². The summed E-state index contributed by atoms with van der Waals surface area (Å²) in [5.41, 5.74) is 6.99. The summed E-state index contributed by atoms with van der Waals surface area (Å²) in [6.45, 7) is 9.45. The number of piperazine rings is 1. The van der Waals surface area contributed by atoms with Crippen LogP contribution in [0.2, 0.25) is 0 Å². The van der Waals surface area contributed by atoms with Gasteiger partial charge in [-0.25, -0.2) is 0 Å². The summed E-state index contributed by atoms with van der Waals surface area (Å²) in [6, 6.07) is 0. The molecule has 18 heavy (non-hydrogen) atoms. The molecule has 0 aromatic rings. The normalized spacial score (nSPS) is 29.3. The fraction of sp³-hybridized carbons (Fsp3) is 1.00. The van der Waals surface area contributed by atoms with Crippen molar-refractivity contribution in [3.05, 3.63) is 0 Å². The molecule has 2 fully saturated rings. The summed E-state index contributed by atoms with van der Waals surface area (Å²) in [5.74, 6) is 0. The molecular weight excluding hydrogens is 222 g/mol. The summed E-state index contributed by atoms with van der Waals surface area (Å²) < 4.78 is 0. The van der Waals surface area contributed by atoms with Gasteiger partial charge in [0, 0.05) is 37.3 Å². The summed E-state index contributed by atoms with van der Waals surface area (Å²) >= 11 is 0. The molecule has 1 aliphatic carbocycles. The molecule has 0 aromatic heterocycles. The molecule has 0 radical (unpaired) electrons. The molecular formula is C15H31N3. The van der Waals surface area contributed by atoms with Crippen LogP contribution < -0.4 is 5.73 Å².